The first-order valence-corrected chi connectivity index (χ1v) is 4.52. The molecule has 1 rings (SSSR count). The summed E-state index contributed by atoms with van der Waals surface area (Å²) in [7, 11) is 3.63. The minimum Gasteiger partial charge on any atom is -0.349 e. The average Bonchev–Trinajstić information content (AvgIpc) is 2.34. The van der Waals surface area contributed by atoms with Gasteiger partial charge in [-0.3, -0.25) is 4.79 Å². The van der Waals surface area contributed by atoms with Crippen LogP contribution in [0.15, 0.2) is 0 Å². The zero-order valence-electron chi connectivity index (χ0n) is 7.08. The number of carbonyl (C=O) groups excluding carboxylic acids is 1. The molecule has 3 heteroatoms. The number of hydrogen-bond donors (Lipinski definition) is 1. The lowest BCUT2D eigenvalue weighted by Crippen LogP contribution is -2.28. The van der Waals surface area contributed by atoms with E-state index in [1.165, 1.54) is 0 Å². The summed E-state index contributed by atoms with van der Waals surface area (Å²) in [6.45, 7) is 0. The van der Waals surface area contributed by atoms with Crippen molar-refractivity contribution in [2.75, 3.05) is 14.1 Å². The van der Waals surface area contributed by atoms with Crippen LogP contribution in [0.3, 0.4) is 0 Å². The maximum Gasteiger partial charge on any atom is 0.225 e. The summed E-state index contributed by atoms with van der Waals surface area (Å²) in [6, 6.07) is 0. The Kier molecular flexibility index (Phi) is 2.82. The van der Waals surface area contributed by atoms with Crippen LogP contribution in [-0.2, 0) is 4.79 Å². The summed E-state index contributed by atoms with van der Waals surface area (Å²) in [5.74, 6) is 0.508. The molecule has 0 bridgehead atoms. The van der Waals surface area contributed by atoms with Crippen LogP contribution in [0.5, 0.6) is 0 Å². The van der Waals surface area contributed by atoms with Gasteiger partial charge in [0, 0.05) is 25.3 Å². The van der Waals surface area contributed by atoms with Crippen LogP contribution in [0.25, 0.3) is 0 Å². The van der Waals surface area contributed by atoms with E-state index in [2.05, 4.69) is 12.6 Å². The number of amides is 1. The lowest BCUT2D eigenvalue weighted by molar-refractivity contribution is -0.132. The zero-order chi connectivity index (χ0) is 8.43. The quantitative estimate of drug-likeness (QED) is 0.590. The van der Waals surface area contributed by atoms with E-state index in [9.17, 15) is 4.79 Å². The zero-order valence-corrected chi connectivity index (χ0v) is 7.97. The van der Waals surface area contributed by atoms with Gasteiger partial charge in [-0.05, 0) is 19.3 Å². The van der Waals surface area contributed by atoms with Gasteiger partial charge in [-0.1, -0.05) is 0 Å². The SMILES string of the molecule is CN(C)C(=O)[C@H]1CC[C@@H](S)C1. The molecule has 0 aromatic rings. The summed E-state index contributed by atoms with van der Waals surface area (Å²) >= 11 is 4.34. The molecule has 2 nitrogen and oxygen atoms in total. The molecule has 2 atom stereocenters. The summed E-state index contributed by atoms with van der Waals surface area (Å²) in [5.41, 5.74) is 0. The van der Waals surface area contributed by atoms with Crippen molar-refractivity contribution in [3.05, 3.63) is 0 Å². The lowest BCUT2D eigenvalue weighted by Gasteiger charge is -2.15. The second kappa shape index (κ2) is 3.48. The van der Waals surface area contributed by atoms with Crippen LogP contribution in [0.4, 0.5) is 0 Å². The molecule has 0 saturated heterocycles. The third kappa shape index (κ3) is 2.12. The van der Waals surface area contributed by atoms with E-state index < -0.39 is 0 Å². The highest BCUT2D eigenvalue weighted by Crippen LogP contribution is 2.29. The topological polar surface area (TPSA) is 20.3 Å². The van der Waals surface area contributed by atoms with E-state index in [4.69, 9.17) is 0 Å². The van der Waals surface area contributed by atoms with Gasteiger partial charge in [0.25, 0.3) is 0 Å². The monoisotopic (exact) mass is 173 g/mol. The largest absolute Gasteiger partial charge is 0.349 e. The van der Waals surface area contributed by atoms with Crippen molar-refractivity contribution in [3.63, 3.8) is 0 Å². The first-order chi connectivity index (χ1) is 5.11. The van der Waals surface area contributed by atoms with Gasteiger partial charge >= 0.3 is 0 Å². The van der Waals surface area contributed by atoms with Crippen molar-refractivity contribution in [2.45, 2.75) is 24.5 Å². The molecule has 1 saturated carbocycles. The van der Waals surface area contributed by atoms with Crippen molar-refractivity contribution in [1.82, 2.24) is 4.90 Å². The molecule has 64 valence electrons. The predicted molar refractivity (Wildman–Crippen MR) is 48.8 cm³/mol. The number of thiol groups is 1. The Morgan fingerprint density at radius 2 is 2.09 bits per heavy atom. The first kappa shape index (κ1) is 8.91. The molecule has 0 aromatic heterocycles. The van der Waals surface area contributed by atoms with Crippen molar-refractivity contribution in [1.29, 1.82) is 0 Å². The molecule has 1 aliphatic rings. The molecule has 1 amide bonds. The third-order valence-electron chi connectivity index (χ3n) is 2.19. The van der Waals surface area contributed by atoms with Crippen molar-refractivity contribution >= 4 is 18.5 Å². The summed E-state index contributed by atoms with van der Waals surface area (Å²) < 4.78 is 0. The third-order valence-corrected chi connectivity index (χ3v) is 2.66. The van der Waals surface area contributed by atoms with Crippen LogP contribution in [0, 0.1) is 5.92 Å². The van der Waals surface area contributed by atoms with Gasteiger partial charge in [-0.2, -0.15) is 12.6 Å². The smallest absolute Gasteiger partial charge is 0.225 e. The predicted octanol–water partition coefficient (Wildman–Crippen LogP) is 1.17. The Balaban J connectivity index is 2.43. The van der Waals surface area contributed by atoms with E-state index in [0.717, 1.165) is 19.3 Å². The van der Waals surface area contributed by atoms with Crippen LogP contribution in [-0.4, -0.2) is 30.2 Å². The Morgan fingerprint density at radius 1 is 1.45 bits per heavy atom. The van der Waals surface area contributed by atoms with Gasteiger partial charge in [-0.15, -0.1) is 0 Å². The fourth-order valence-corrected chi connectivity index (χ4v) is 1.95. The molecule has 0 N–H and O–H groups in total. The van der Waals surface area contributed by atoms with Gasteiger partial charge in [0.2, 0.25) is 5.91 Å². The molecule has 0 spiro atoms. The number of nitrogens with zero attached hydrogens (tertiary/aromatic N) is 1. The normalized spacial score (nSPS) is 30.5. The number of rotatable bonds is 1. The molecule has 0 aliphatic heterocycles. The summed E-state index contributed by atoms with van der Waals surface area (Å²) in [5, 5.41) is 0.448. The Hall–Kier alpha value is -0.180. The number of hydrogen-bond acceptors (Lipinski definition) is 2. The van der Waals surface area contributed by atoms with Crippen LogP contribution in [0.2, 0.25) is 0 Å². The molecule has 0 unspecified atom stereocenters. The summed E-state index contributed by atoms with van der Waals surface area (Å²) in [4.78, 5) is 13.1. The lowest BCUT2D eigenvalue weighted by atomic mass is 10.1. The van der Waals surface area contributed by atoms with Gasteiger partial charge in [0.1, 0.15) is 0 Å². The van der Waals surface area contributed by atoms with E-state index in [0.29, 0.717) is 5.25 Å². The maximum atomic E-state index is 11.4. The standard InChI is InChI=1S/C8H15NOS/c1-9(2)8(10)6-3-4-7(11)5-6/h6-7,11H,3-5H2,1-2H3/t6-,7+/m0/s1. The van der Waals surface area contributed by atoms with Crippen LogP contribution >= 0.6 is 12.6 Å². The fourth-order valence-electron chi connectivity index (χ4n) is 1.55. The molecule has 0 aromatic carbocycles. The Bertz CT molecular complexity index is 158. The van der Waals surface area contributed by atoms with Crippen molar-refractivity contribution in [3.8, 4) is 0 Å². The van der Waals surface area contributed by atoms with E-state index >= 15 is 0 Å². The molecular formula is C8H15NOS. The molecule has 0 radical (unpaired) electrons. The van der Waals surface area contributed by atoms with Crippen molar-refractivity contribution < 1.29 is 4.79 Å². The minimum absolute atomic E-state index is 0.243. The van der Waals surface area contributed by atoms with E-state index in [1.807, 2.05) is 14.1 Å². The van der Waals surface area contributed by atoms with Crippen LogP contribution in [0.1, 0.15) is 19.3 Å². The highest BCUT2D eigenvalue weighted by Gasteiger charge is 2.28. The van der Waals surface area contributed by atoms with Crippen molar-refractivity contribution in [2.24, 2.45) is 5.92 Å². The van der Waals surface area contributed by atoms with Gasteiger partial charge in [0.15, 0.2) is 0 Å². The fraction of sp³-hybridized carbons (Fsp3) is 0.875. The molecule has 1 fully saturated rings. The van der Waals surface area contributed by atoms with Gasteiger partial charge < -0.3 is 4.90 Å². The molecule has 0 heterocycles. The average molecular weight is 173 g/mol. The second-order valence-corrected chi connectivity index (χ2v) is 4.13. The molecule has 11 heavy (non-hydrogen) atoms. The highest BCUT2D eigenvalue weighted by molar-refractivity contribution is 7.80. The van der Waals surface area contributed by atoms with E-state index in [1.54, 1.807) is 4.90 Å². The maximum absolute atomic E-state index is 11.4. The second-order valence-electron chi connectivity index (χ2n) is 3.40. The van der Waals surface area contributed by atoms with Gasteiger partial charge in [-0.25, -0.2) is 0 Å². The molecular weight excluding hydrogens is 158 g/mol. The van der Waals surface area contributed by atoms with Crippen LogP contribution < -0.4 is 0 Å². The molecule has 1 aliphatic carbocycles. The number of carbonyl (C=O) groups is 1. The van der Waals surface area contributed by atoms with E-state index in [-0.39, 0.29) is 11.8 Å². The highest BCUT2D eigenvalue weighted by atomic mass is 32.1. The Labute approximate surface area is 73.4 Å². The minimum atomic E-state index is 0.243. The van der Waals surface area contributed by atoms with Gasteiger partial charge in [0.05, 0.1) is 0 Å². The summed E-state index contributed by atoms with van der Waals surface area (Å²) in [6.07, 6.45) is 3.07. The first-order valence-electron chi connectivity index (χ1n) is 4.00. The Morgan fingerprint density at radius 3 is 2.45 bits per heavy atom.